The van der Waals surface area contributed by atoms with Gasteiger partial charge in [0.1, 0.15) is 17.1 Å². The minimum absolute atomic E-state index is 0.137. The van der Waals surface area contributed by atoms with Crippen LogP contribution in [-0.2, 0) is 4.79 Å². The monoisotopic (exact) mass is 355 g/mol. The number of para-hydroxylation sites is 1. The van der Waals surface area contributed by atoms with Crippen LogP contribution in [0.1, 0.15) is 13.8 Å². The van der Waals surface area contributed by atoms with Crippen LogP contribution in [0.5, 0.6) is 5.75 Å². The van der Waals surface area contributed by atoms with Crippen molar-refractivity contribution in [2.24, 2.45) is 0 Å². The highest BCUT2D eigenvalue weighted by Crippen LogP contribution is 2.41. The molecule has 0 saturated heterocycles. The van der Waals surface area contributed by atoms with Crippen molar-refractivity contribution in [3.05, 3.63) is 60.3 Å². The molecule has 3 aromatic heterocycles. The van der Waals surface area contributed by atoms with Gasteiger partial charge >= 0.3 is 0 Å². The fourth-order valence-corrected chi connectivity index (χ4v) is 3.82. The van der Waals surface area contributed by atoms with E-state index in [-0.39, 0.29) is 11.7 Å². The van der Waals surface area contributed by atoms with Crippen molar-refractivity contribution in [2.45, 2.75) is 13.8 Å². The normalized spacial score (nSPS) is 12.6. The van der Waals surface area contributed by atoms with Crippen LogP contribution in [0, 0.1) is 0 Å². The number of nitrogens with one attached hydrogen (secondary N) is 1. The molecule has 27 heavy (non-hydrogen) atoms. The molecule has 3 heterocycles. The molecule has 0 atom stereocenters. The predicted molar refractivity (Wildman–Crippen MR) is 109 cm³/mol. The van der Waals surface area contributed by atoms with Crippen LogP contribution in [0.25, 0.3) is 38.1 Å². The summed E-state index contributed by atoms with van der Waals surface area (Å²) in [4.78, 5) is 16.9. The molecule has 132 valence electrons. The summed E-state index contributed by atoms with van der Waals surface area (Å²) in [6.45, 7) is 3.62. The van der Waals surface area contributed by atoms with Gasteiger partial charge in [-0.05, 0) is 43.5 Å². The highest BCUT2D eigenvalue weighted by atomic mass is 16.3. The number of carbonyl (C=O) groups is 1. The average molecular weight is 355 g/mol. The van der Waals surface area contributed by atoms with E-state index in [1.807, 2.05) is 47.7 Å². The van der Waals surface area contributed by atoms with E-state index in [2.05, 4.69) is 10.3 Å². The Labute approximate surface area is 154 Å². The first-order valence-corrected chi connectivity index (χ1v) is 8.80. The van der Waals surface area contributed by atoms with Crippen LogP contribution in [-0.4, -0.2) is 20.4 Å². The summed E-state index contributed by atoms with van der Waals surface area (Å²) in [6, 6.07) is 13.6. The number of phenols is 1. The predicted octanol–water partition coefficient (Wildman–Crippen LogP) is 4.84. The van der Waals surface area contributed by atoms with Gasteiger partial charge in [0.2, 0.25) is 0 Å². The maximum absolute atomic E-state index is 12.5. The van der Waals surface area contributed by atoms with E-state index in [1.165, 1.54) is 0 Å². The minimum Gasteiger partial charge on any atom is -0.506 e. The van der Waals surface area contributed by atoms with E-state index in [4.69, 9.17) is 0 Å². The smallest absolute Gasteiger partial charge is 0.252 e. The highest BCUT2D eigenvalue weighted by Gasteiger charge is 2.20. The average Bonchev–Trinajstić information content (AvgIpc) is 3.05. The van der Waals surface area contributed by atoms with Gasteiger partial charge in [-0.25, -0.2) is 0 Å². The molecule has 0 bridgehead atoms. The molecule has 0 unspecified atom stereocenters. The summed E-state index contributed by atoms with van der Waals surface area (Å²) in [5, 5.41) is 17.3. The van der Waals surface area contributed by atoms with E-state index in [0.29, 0.717) is 16.9 Å². The summed E-state index contributed by atoms with van der Waals surface area (Å²) in [7, 11) is 0. The Hall–Kier alpha value is -3.60. The number of rotatable bonds is 2. The topological polar surface area (TPSA) is 66.6 Å². The number of fused-ring (bicyclic) bond motifs is 3. The lowest BCUT2D eigenvalue weighted by Gasteiger charge is -2.14. The molecule has 0 aliphatic rings. The van der Waals surface area contributed by atoms with Crippen LogP contribution in [0.2, 0.25) is 0 Å². The molecular weight excluding hydrogens is 338 g/mol. The summed E-state index contributed by atoms with van der Waals surface area (Å²) in [6.07, 6.45) is 3.50. The van der Waals surface area contributed by atoms with Gasteiger partial charge in [-0.15, -0.1) is 0 Å². The summed E-state index contributed by atoms with van der Waals surface area (Å²) >= 11 is 0. The third kappa shape index (κ3) is 2.05. The molecular formula is C22H17N3O2. The Morgan fingerprint density at radius 1 is 1.19 bits per heavy atom. The quantitative estimate of drug-likeness (QED) is 0.270. The molecule has 0 spiro atoms. The number of aromatic hydroxyl groups is 1. The molecule has 5 aromatic rings. The van der Waals surface area contributed by atoms with Crippen LogP contribution in [0.15, 0.2) is 60.3 Å². The number of benzene rings is 2. The van der Waals surface area contributed by atoms with Crippen molar-refractivity contribution >= 4 is 49.8 Å². The number of hydrogen-bond acceptors (Lipinski definition) is 3. The van der Waals surface area contributed by atoms with Gasteiger partial charge in [-0.2, -0.15) is 0 Å². The molecule has 5 rings (SSSR count). The Kier molecular flexibility index (Phi) is 3.15. The number of allylic oxidation sites excluding steroid dienone is 1. The van der Waals surface area contributed by atoms with E-state index in [1.54, 1.807) is 25.3 Å². The molecule has 0 saturated carbocycles. The van der Waals surface area contributed by atoms with Crippen LogP contribution in [0.3, 0.4) is 0 Å². The highest BCUT2D eigenvalue weighted by molar-refractivity contribution is 6.24. The maximum Gasteiger partial charge on any atom is 0.252 e. The third-order valence-electron chi connectivity index (χ3n) is 5.22. The number of carbonyl (C=O) groups excluding carboxylic acids is 1. The second-order valence-electron chi connectivity index (χ2n) is 6.72. The van der Waals surface area contributed by atoms with Crippen molar-refractivity contribution in [1.29, 1.82) is 0 Å². The summed E-state index contributed by atoms with van der Waals surface area (Å²) in [5.74, 6) is 0.662. The first kappa shape index (κ1) is 15.6. The molecule has 0 radical (unpaired) electrons. The number of pyridine rings is 2. The lowest BCUT2D eigenvalue weighted by molar-refractivity contribution is -0.112. The van der Waals surface area contributed by atoms with Gasteiger partial charge in [0.15, 0.2) is 0 Å². The minimum atomic E-state index is -0.147. The van der Waals surface area contributed by atoms with Crippen LogP contribution in [0.4, 0.5) is 5.82 Å². The first-order valence-electron chi connectivity index (χ1n) is 8.80. The van der Waals surface area contributed by atoms with Gasteiger partial charge in [0.05, 0.1) is 11.0 Å². The van der Waals surface area contributed by atoms with E-state index < -0.39 is 0 Å². The lowest BCUT2D eigenvalue weighted by atomic mass is 10.0. The van der Waals surface area contributed by atoms with Gasteiger partial charge in [0, 0.05) is 27.9 Å². The number of nitrogens with zero attached hydrogens (tertiary/aromatic N) is 2. The Morgan fingerprint density at radius 3 is 2.81 bits per heavy atom. The van der Waals surface area contributed by atoms with Gasteiger partial charge in [-0.3, -0.25) is 14.2 Å². The van der Waals surface area contributed by atoms with Crippen molar-refractivity contribution in [2.75, 3.05) is 5.32 Å². The largest absolute Gasteiger partial charge is 0.506 e. The van der Waals surface area contributed by atoms with Crippen molar-refractivity contribution in [1.82, 2.24) is 9.38 Å². The zero-order valence-corrected chi connectivity index (χ0v) is 14.9. The Bertz CT molecular complexity index is 1400. The van der Waals surface area contributed by atoms with Gasteiger partial charge in [-0.1, -0.05) is 24.3 Å². The molecule has 5 heteroatoms. The van der Waals surface area contributed by atoms with E-state index in [9.17, 15) is 9.90 Å². The Morgan fingerprint density at radius 2 is 2.00 bits per heavy atom. The molecule has 0 fully saturated rings. The standard InChI is InChI=1S/C22H17N3O2/c1-3-12(2)22(27)24-18-11-13-10-17(26)20-19-15(8-9-23-20)14-6-4-5-7-16(14)25(18)21(13)19/h3-11,26H,1-2H3,(H,24,27)/b12-3+. The Balaban J connectivity index is 1.99. The number of aromatic nitrogens is 2. The number of amides is 1. The van der Waals surface area contributed by atoms with Crippen molar-refractivity contribution < 1.29 is 9.90 Å². The first-order chi connectivity index (χ1) is 13.1. The summed E-state index contributed by atoms with van der Waals surface area (Å²) in [5.41, 5.74) is 3.15. The molecule has 1 amide bonds. The molecule has 5 nitrogen and oxygen atoms in total. The van der Waals surface area contributed by atoms with Crippen LogP contribution < -0.4 is 5.32 Å². The maximum atomic E-state index is 12.5. The fraction of sp³-hybridized carbons (Fsp3) is 0.0909. The van der Waals surface area contributed by atoms with Crippen molar-refractivity contribution in [3.8, 4) is 5.75 Å². The van der Waals surface area contributed by atoms with Gasteiger partial charge < -0.3 is 10.4 Å². The number of phenolic OH excluding ortho intramolecular Hbond substituents is 1. The van der Waals surface area contributed by atoms with E-state index >= 15 is 0 Å². The van der Waals surface area contributed by atoms with E-state index in [0.717, 1.165) is 32.6 Å². The van der Waals surface area contributed by atoms with Gasteiger partial charge in [0.25, 0.3) is 5.91 Å². The second-order valence-corrected chi connectivity index (χ2v) is 6.72. The zero-order valence-electron chi connectivity index (χ0n) is 14.9. The molecule has 0 aliphatic carbocycles. The molecule has 2 aromatic carbocycles. The SMILES string of the molecule is C/C=C(\C)C(=O)Nc1cc2cc(O)c3nccc4c5ccccc5n1c2c34. The summed E-state index contributed by atoms with van der Waals surface area (Å²) < 4.78 is 2.04. The lowest BCUT2D eigenvalue weighted by Crippen LogP contribution is -2.14. The number of hydrogen-bond donors (Lipinski definition) is 2. The number of anilines is 1. The molecule has 0 aliphatic heterocycles. The van der Waals surface area contributed by atoms with Crippen LogP contribution >= 0.6 is 0 Å². The zero-order chi connectivity index (χ0) is 18.7. The third-order valence-corrected chi connectivity index (χ3v) is 5.22. The second kappa shape index (κ2) is 5.45. The molecule has 2 N–H and O–H groups in total. The fourth-order valence-electron chi connectivity index (χ4n) is 3.82. The van der Waals surface area contributed by atoms with Crippen molar-refractivity contribution in [3.63, 3.8) is 0 Å².